The summed E-state index contributed by atoms with van der Waals surface area (Å²) >= 11 is 0. The molecule has 0 amide bonds. The van der Waals surface area contributed by atoms with E-state index >= 15 is 0 Å². The van der Waals surface area contributed by atoms with E-state index in [9.17, 15) is 13.2 Å². The van der Waals surface area contributed by atoms with E-state index < -0.39 is 16.0 Å². The van der Waals surface area contributed by atoms with Crippen LogP contribution in [-0.2, 0) is 14.8 Å². The molecule has 0 atom stereocenters. The van der Waals surface area contributed by atoms with Gasteiger partial charge in [-0.3, -0.25) is 0 Å². The third-order valence-corrected chi connectivity index (χ3v) is 5.60. The van der Waals surface area contributed by atoms with Crippen LogP contribution in [0.1, 0.15) is 23.3 Å². The van der Waals surface area contributed by atoms with Gasteiger partial charge in [-0.25, -0.2) is 27.5 Å². The van der Waals surface area contributed by atoms with Gasteiger partial charge in [0.2, 0.25) is 10.0 Å². The molecule has 2 aromatic rings. The lowest BCUT2D eigenvalue weighted by molar-refractivity contribution is 0.0596. The topological polar surface area (TPSA) is 101 Å². The molecule has 25 heavy (non-hydrogen) atoms. The van der Waals surface area contributed by atoms with E-state index in [0.29, 0.717) is 37.1 Å². The highest BCUT2D eigenvalue weighted by Gasteiger charge is 2.25. The van der Waals surface area contributed by atoms with Crippen LogP contribution >= 0.6 is 0 Å². The number of ether oxygens (including phenoxy) is 1. The molecule has 0 aromatic carbocycles. The minimum Gasteiger partial charge on any atom is -0.464 e. The number of sulfonamides is 1. The van der Waals surface area contributed by atoms with E-state index in [-0.39, 0.29) is 11.7 Å². The zero-order valence-electron chi connectivity index (χ0n) is 14.1. The van der Waals surface area contributed by atoms with Gasteiger partial charge < -0.3 is 10.1 Å². The molecular weight excluding hydrogens is 344 g/mol. The Bertz CT molecular complexity index is 892. The lowest BCUT2D eigenvalue weighted by Crippen LogP contribution is -2.41. The first kappa shape index (κ1) is 17.6. The van der Waals surface area contributed by atoms with Crippen LogP contribution in [0.5, 0.6) is 0 Å². The minimum atomic E-state index is -3.14. The molecule has 0 unspecified atom stereocenters. The van der Waals surface area contributed by atoms with E-state index in [1.807, 2.05) is 0 Å². The first-order valence-corrected chi connectivity index (χ1v) is 9.78. The van der Waals surface area contributed by atoms with Crippen molar-refractivity contribution >= 4 is 32.6 Å². The summed E-state index contributed by atoms with van der Waals surface area (Å²) in [5.74, 6) is 0.132. The molecule has 0 saturated carbocycles. The number of esters is 1. The lowest BCUT2D eigenvalue weighted by Gasteiger charge is -2.30. The molecule has 3 rings (SSSR count). The largest absolute Gasteiger partial charge is 0.464 e. The minimum absolute atomic E-state index is 0.126. The molecular formula is C16H20N4O4S. The summed E-state index contributed by atoms with van der Waals surface area (Å²) in [6, 6.07) is 3.68. The fraction of sp³-hybridized carbons (Fsp3) is 0.438. The maximum absolute atomic E-state index is 11.9. The van der Waals surface area contributed by atoms with E-state index in [4.69, 9.17) is 4.74 Å². The molecule has 1 N–H and O–H groups in total. The van der Waals surface area contributed by atoms with Crippen molar-refractivity contribution in [1.82, 2.24) is 14.3 Å². The van der Waals surface area contributed by atoms with Crippen LogP contribution in [0.3, 0.4) is 0 Å². The van der Waals surface area contributed by atoms with E-state index in [1.165, 1.54) is 17.7 Å². The molecule has 8 nitrogen and oxygen atoms in total. The quantitative estimate of drug-likeness (QED) is 0.815. The lowest BCUT2D eigenvalue weighted by atomic mass is 10.1. The highest BCUT2D eigenvalue weighted by Crippen LogP contribution is 2.22. The number of piperidine rings is 1. The van der Waals surface area contributed by atoms with Gasteiger partial charge in [0.1, 0.15) is 5.82 Å². The number of pyridine rings is 2. The maximum atomic E-state index is 11.9. The molecule has 9 heteroatoms. The Morgan fingerprint density at radius 2 is 2.04 bits per heavy atom. The van der Waals surface area contributed by atoms with E-state index in [2.05, 4.69) is 15.3 Å². The standard InChI is InChI=1S/C16H20N4O4S/c1-24-16(21)15-13-9-14(18-10-11(13)3-6-17-15)19-12-4-7-20(8-5-12)25(2,22)23/h3,6,9-10,12H,4-5,7-8H2,1-2H3,(H,18,19). The summed E-state index contributed by atoms with van der Waals surface area (Å²) in [5, 5.41) is 4.78. The van der Waals surface area contributed by atoms with Crippen molar-refractivity contribution in [2.45, 2.75) is 18.9 Å². The predicted molar refractivity (Wildman–Crippen MR) is 93.9 cm³/mol. The summed E-state index contributed by atoms with van der Waals surface area (Å²) in [5.41, 5.74) is 0.248. The van der Waals surface area contributed by atoms with Crippen molar-refractivity contribution in [3.63, 3.8) is 0 Å². The second-order valence-corrected chi connectivity index (χ2v) is 8.00. The zero-order chi connectivity index (χ0) is 18.0. The second kappa shape index (κ2) is 6.93. The fourth-order valence-corrected chi connectivity index (χ4v) is 3.82. The summed E-state index contributed by atoms with van der Waals surface area (Å²) in [7, 11) is -1.82. The van der Waals surface area contributed by atoms with Crippen molar-refractivity contribution in [2.75, 3.05) is 31.8 Å². The number of nitrogens with zero attached hydrogens (tertiary/aromatic N) is 3. The molecule has 0 aliphatic carbocycles. The predicted octanol–water partition coefficient (Wildman–Crippen LogP) is 1.25. The van der Waals surface area contributed by atoms with Gasteiger partial charge in [0.05, 0.1) is 13.4 Å². The molecule has 1 aliphatic rings. The molecule has 1 aliphatic heterocycles. The van der Waals surface area contributed by atoms with Crippen molar-refractivity contribution in [3.8, 4) is 0 Å². The number of nitrogens with one attached hydrogen (secondary N) is 1. The Labute approximate surface area is 146 Å². The Balaban J connectivity index is 1.78. The van der Waals surface area contributed by atoms with Gasteiger partial charge in [0.15, 0.2) is 5.69 Å². The third kappa shape index (κ3) is 3.88. The van der Waals surface area contributed by atoms with Crippen LogP contribution in [0.25, 0.3) is 10.8 Å². The molecule has 0 spiro atoms. The number of hydrogen-bond donors (Lipinski definition) is 1. The Morgan fingerprint density at radius 1 is 1.32 bits per heavy atom. The molecule has 2 aromatic heterocycles. The summed E-state index contributed by atoms with van der Waals surface area (Å²) in [6.07, 6.45) is 5.85. The number of rotatable bonds is 4. The summed E-state index contributed by atoms with van der Waals surface area (Å²) in [4.78, 5) is 20.3. The van der Waals surface area contributed by atoms with E-state index in [0.717, 1.165) is 5.39 Å². The second-order valence-electron chi connectivity index (χ2n) is 6.02. The number of fused-ring (bicyclic) bond motifs is 1. The van der Waals surface area contributed by atoms with Crippen molar-refractivity contribution < 1.29 is 17.9 Å². The van der Waals surface area contributed by atoms with Gasteiger partial charge in [-0.2, -0.15) is 0 Å². The van der Waals surface area contributed by atoms with Gasteiger partial charge in [-0.15, -0.1) is 0 Å². The van der Waals surface area contributed by atoms with Gasteiger partial charge in [0.25, 0.3) is 0 Å². The zero-order valence-corrected chi connectivity index (χ0v) is 14.9. The van der Waals surface area contributed by atoms with Gasteiger partial charge >= 0.3 is 5.97 Å². The first-order valence-electron chi connectivity index (χ1n) is 7.93. The van der Waals surface area contributed by atoms with Crippen LogP contribution in [0.15, 0.2) is 24.5 Å². The number of carbonyl (C=O) groups excluding carboxylic acids is 1. The van der Waals surface area contributed by atoms with Gasteiger partial charge in [0, 0.05) is 42.3 Å². The number of aromatic nitrogens is 2. The summed E-state index contributed by atoms with van der Waals surface area (Å²) in [6.45, 7) is 0.970. The summed E-state index contributed by atoms with van der Waals surface area (Å²) < 4.78 is 29.4. The Morgan fingerprint density at radius 3 is 2.68 bits per heavy atom. The highest BCUT2D eigenvalue weighted by atomic mass is 32.2. The average Bonchev–Trinajstić information content (AvgIpc) is 2.60. The van der Waals surface area contributed by atoms with Gasteiger partial charge in [-0.1, -0.05) is 0 Å². The Kier molecular flexibility index (Phi) is 4.87. The number of methoxy groups -OCH3 is 1. The molecule has 134 valence electrons. The SMILES string of the molecule is COC(=O)c1nccc2cnc(NC3CCN(S(C)(=O)=O)CC3)cc12. The molecule has 0 radical (unpaired) electrons. The smallest absolute Gasteiger partial charge is 0.357 e. The molecule has 3 heterocycles. The highest BCUT2D eigenvalue weighted by molar-refractivity contribution is 7.88. The molecule has 1 fully saturated rings. The van der Waals surface area contributed by atoms with Crippen LogP contribution in [0.2, 0.25) is 0 Å². The van der Waals surface area contributed by atoms with Crippen LogP contribution in [0, 0.1) is 0 Å². The first-order chi connectivity index (χ1) is 11.9. The van der Waals surface area contributed by atoms with Crippen molar-refractivity contribution in [3.05, 3.63) is 30.2 Å². The van der Waals surface area contributed by atoms with Crippen molar-refractivity contribution in [1.29, 1.82) is 0 Å². The van der Waals surface area contributed by atoms with Crippen LogP contribution in [-0.4, -0.2) is 61.2 Å². The van der Waals surface area contributed by atoms with Gasteiger partial charge in [-0.05, 0) is 25.0 Å². The number of carbonyl (C=O) groups is 1. The Hall–Kier alpha value is -2.26. The van der Waals surface area contributed by atoms with E-state index in [1.54, 1.807) is 24.5 Å². The third-order valence-electron chi connectivity index (χ3n) is 4.30. The monoisotopic (exact) mass is 364 g/mol. The number of anilines is 1. The van der Waals surface area contributed by atoms with Crippen LogP contribution < -0.4 is 5.32 Å². The maximum Gasteiger partial charge on any atom is 0.357 e. The number of hydrogen-bond acceptors (Lipinski definition) is 7. The molecule has 1 saturated heterocycles. The molecule has 0 bridgehead atoms. The fourth-order valence-electron chi connectivity index (χ4n) is 2.94. The average molecular weight is 364 g/mol. The van der Waals surface area contributed by atoms with Crippen molar-refractivity contribution in [2.24, 2.45) is 0 Å². The van der Waals surface area contributed by atoms with Crippen LogP contribution in [0.4, 0.5) is 5.82 Å². The normalized spacial score (nSPS) is 16.7.